The van der Waals surface area contributed by atoms with Gasteiger partial charge in [0, 0.05) is 37.3 Å². The molecule has 1 aliphatic rings. The van der Waals surface area contributed by atoms with Crippen LogP contribution in [0.5, 0.6) is 0 Å². The van der Waals surface area contributed by atoms with E-state index in [4.69, 9.17) is 0 Å². The topological polar surface area (TPSA) is 36.4 Å². The van der Waals surface area contributed by atoms with Crippen LogP contribution in [0.1, 0.15) is 39.9 Å². The smallest absolute Gasteiger partial charge is 0.263 e. The standard InChI is InChI=1S/C19H25N3OS/c1-4-16-14(2)13-17(24-16)19(23)21(3)15-8-11-22(12-9-15)18-7-5-6-10-20-18/h5-7,10,13,15H,4,8-9,11-12H2,1-3H3. The monoisotopic (exact) mass is 343 g/mol. The van der Waals surface area contributed by atoms with Gasteiger partial charge in [-0.2, -0.15) is 0 Å². The van der Waals surface area contributed by atoms with Crippen LogP contribution in [0.2, 0.25) is 0 Å². The lowest BCUT2D eigenvalue weighted by Crippen LogP contribution is -2.45. The number of anilines is 1. The molecule has 5 heteroatoms. The second-order valence-corrected chi connectivity index (χ2v) is 7.53. The molecule has 0 unspecified atom stereocenters. The average Bonchev–Trinajstić information content (AvgIpc) is 3.02. The first-order valence-corrected chi connectivity index (χ1v) is 9.44. The molecule has 0 aromatic carbocycles. The summed E-state index contributed by atoms with van der Waals surface area (Å²) in [5, 5.41) is 0. The molecule has 1 saturated heterocycles. The Bertz CT molecular complexity index is 690. The molecule has 1 amide bonds. The van der Waals surface area contributed by atoms with Gasteiger partial charge >= 0.3 is 0 Å². The maximum Gasteiger partial charge on any atom is 0.263 e. The fourth-order valence-corrected chi connectivity index (χ4v) is 4.44. The Labute approximate surface area is 148 Å². The number of piperidine rings is 1. The van der Waals surface area contributed by atoms with E-state index in [1.807, 2.05) is 36.3 Å². The van der Waals surface area contributed by atoms with E-state index in [9.17, 15) is 4.79 Å². The van der Waals surface area contributed by atoms with Crippen molar-refractivity contribution in [1.82, 2.24) is 9.88 Å². The highest BCUT2D eigenvalue weighted by Gasteiger charge is 2.27. The fraction of sp³-hybridized carbons (Fsp3) is 0.474. The molecule has 0 spiro atoms. The highest BCUT2D eigenvalue weighted by Crippen LogP contribution is 2.26. The van der Waals surface area contributed by atoms with Gasteiger partial charge in [0.2, 0.25) is 0 Å². The maximum absolute atomic E-state index is 12.8. The van der Waals surface area contributed by atoms with E-state index >= 15 is 0 Å². The Kier molecular flexibility index (Phi) is 5.19. The van der Waals surface area contributed by atoms with Crippen LogP contribution >= 0.6 is 11.3 Å². The molecule has 4 nitrogen and oxygen atoms in total. The van der Waals surface area contributed by atoms with Crippen LogP contribution in [-0.2, 0) is 6.42 Å². The van der Waals surface area contributed by atoms with Gasteiger partial charge in [0.1, 0.15) is 5.82 Å². The van der Waals surface area contributed by atoms with Crippen molar-refractivity contribution in [1.29, 1.82) is 0 Å². The molecule has 1 fully saturated rings. The van der Waals surface area contributed by atoms with Crippen molar-refractivity contribution in [2.24, 2.45) is 0 Å². The second kappa shape index (κ2) is 7.34. The molecule has 0 aliphatic carbocycles. The predicted molar refractivity (Wildman–Crippen MR) is 100.0 cm³/mol. The van der Waals surface area contributed by atoms with Crippen LogP contribution in [0.25, 0.3) is 0 Å². The molecule has 0 N–H and O–H groups in total. The number of thiophene rings is 1. The zero-order chi connectivity index (χ0) is 17.1. The Hall–Kier alpha value is -1.88. The number of carbonyl (C=O) groups is 1. The van der Waals surface area contributed by atoms with Gasteiger partial charge in [-0.05, 0) is 49.9 Å². The third-order valence-corrected chi connectivity index (χ3v) is 6.23. The second-order valence-electron chi connectivity index (χ2n) is 6.39. The van der Waals surface area contributed by atoms with E-state index in [0.717, 1.165) is 43.0 Å². The number of nitrogens with zero attached hydrogens (tertiary/aromatic N) is 3. The number of aromatic nitrogens is 1. The lowest BCUT2D eigenvalue weighted by molar-refractivity contribution is 0.0714. The first-order chi connectivity index (χ1) is 11.6. The lowest BCUT2D eigenvalue weighted by Gasteiger charge is -2.37. The molecule has 128 valence electrons. The Morgan fingerprint density at radius 3 is 2.71 bits per heavy atom. The zero-order valence-electron chi connectivity index (χ0n) is 14.7. The van der Waals surface area contributed by atoms with Crippen LogP contribution in [0.3, 0.4) is 0 Å². The average molecular weight is 343 g/mol. The van der Waals surface area contributed by atoms with E-state index in [1.54, 1.807) is 11.3 Å². The first kappa shape index (κ1) is 17.0. The molecule has 1 aliphatic heterocycles. The predicted octanol–water partition coefficient (Wildman–Crippen LogP) is 3.75. The quantitative estimate of drug-likeness (QED) is 0.848. The Morgan fingerprint density at radius 1 is 1.38 bits per heavy atom. The summed E-state index contributed by atoms with van der Waals surface area (Å²) in [6.07, 6.45) is 4.81. The molecular weight excluding hydrogens is 318 g/mol. The zero-order valence-corrected chi connectivity index (χ0v) is 15.5. The minimum Gasteiger partial charge on any atom is -0.356 e. The van der Waals surface area contributed by atoms with Crippen LogP contribution < -0.4 is 4.90 Å². The van der Waals surface area contributed by atoms with Gasteiger partial charge in [-0.1, -0.05) is 13.0 Å². The highest BCUT2D eigenvalue weighted by molar-refractivity contribution is 7.14. The molecule has 2 aromatic heterocycles. The van der Waals surface area contributed by atoms with Crippen molar-refractivity contribution in [3.63, 3.8) is 0 Å². The van der Waals surface area contributed by atoms with Gasteiger partial charge in [0.15, 0.2) is 0 Å². The summed E-state index contributed by atoms with van der Waals surface area (Å²) in [4.78, 5) is 23.7. The Balaban J connectivity index is 1.62. The minimum atomic E-state index is 0.166. The van der Waals surface area contributed by atoms with Gasteiger partial charge in [0.05, 0.1) is 4.88 Å². The molecule has 0 atom stereocenters. The van der Waals surface area contributed by atoms with Crippen molar-refractivity contribution >= 4 is 23.1 Å². The molecule has 0 saturated carbocycles. The summed E-state index contributed by atoms with van der Waals surface area (Å²) >= 11 is 1.65. The van der Waals surface area contributed by atoms with Crippen LogP contribution in [0.4, 0.5) is 5.82 Å². The largest absolute Gasteiger partial charge is 0.356 e. The highest BCUT2D eigenvalue weighted by atomic mass is 32.1. The van der Waals surface area contributed by atoms with Crippen LogP contribution in [-0.4, -0.2) is 42.0 Å². The number of carbonyl (C=O) groups excluding carboxylic acids is 1. The molecule has 24 heavy (non-hydrogen) atoms. The third-order valence-electron chi connectivity index (χ3n) is 4.86. The number of rotatable bonds is 4. The molecule has 2 aromatic rings. The summed E-state index contributed by atoms with van der Waals surface area (Å²) in [6, 6.07) is 8.37. The van der Waals surface area contributed by atoms with E-state index in [2.05, 4.69) is 29.8 Å². The number of hydrogen-bond acceptors (Lipinski definition) is 4. The van der Waals surface area contributed by atoms with Gasteiger partial charge in [-0.25, -0.2) is 4.98 Å². The lowest BCUT2D eigenvalue weighted by atomic mass is 10.0. The molecule has 3 rings (SSSR count). The molecular formula is C19H25N3OS. The number of amides is 1. The first-order valence-electron chi connectivity index (χ1n) is 8.62. The van der Waals surface area contributed by atoms with Gasteiger partial charge in [-0.3, -0.25) is 4.79 Å². The maximum atomic E-state index is 12.8. The summed E-state index contributed by atoms with van der Waals surface area (Å²) < 4.78 is 0. The molecule has 0 radical (unpaired) electrons. The van der Waals surface area contributed by atoms with Crippen LogP contribution in [0, 0.1) is 6.92 Å². The Morgan fingerprint density at radius 2 is 2.12 bits per heavy atom. The SMILES string of the molecule is CCc1sc(C(=O)N(C)C2CCN(c3ccccn3)CC2)cc1C. The summed E-state index contributed by atoms with van der Waals surface area (Å²) in [6.45, 7) is 6.13. The number of pyridine rings is 1. The molecule has 0 bridgehead atoms. The van der Waals surface area contributed by atoms with E-state index in [1.165, 1.54) is 10.4 Å². The van der Waals surface area contributed by atoms with E-state index < -0.39 is 0 Å². The van der Waals surface area contributed by atoms with Crippen molar-refractivity contribution in [3.8, 4) is 0 Å². The summed E-state index contributed by atoms with van der Waals surface area (Å²) in [5.41, 5.74) is 1.24. The number of aryl methyl sites for hydroxylation is 2. The molecule has 3 heterocycles. The van der Waals surface area contributed by atoms with Gasteiger partial charge in [0.25, 0.3) is 5.91 Å². The minimum absolute atomic E-state index is 0.166. The summed E-state index contributed by atoms with van der Waals surface area (Å²) in [5.74, 6) is 1.20. The van der Waals surface area contributed by atoms with Gasteiger partial charge in [-0.15, -0.1) is 11.3 Å². The van der Waals surface area contributed by atoms with Crippen molar-refractivity contribution in [3.05, 3.63) is 45.8 Å². The fourth-order valence-electron chi connectivity index (χ4n) is 3.34. The summed E-state index contributed by atoms with van der Waals surface area (Å²) in [7, 11) is 1.95. The van der Waals surface area contributed by atoms with E-state index in [-0.39, 0.29) is 5.91 Å². The number of hydrogen-bond donors (Lipinski definition) is 0. The van der Waals surface area contributed by atoms with E-state index in [0.29, 0.717) is 6.04 Å². The van der Waals surface area contributed by atoms with Gasteiger partial charge < -0.3 is 9.80 Å². The van der Waals surface area contributed by atoms with Crippen molar-refractivity contribution in [2.75, 3.05) is 25.0 Å². The van der Waals surface area contributed by atoms with Crippen molar-refractivity contribution < 1.29 is 4.79 Å². The normalized spacial score (nSPS) is 15.5. The van der Waals surface area contributed by atoms with Crippen LogP contribution in [0.15, 0.2) is 30.5 Å². The third kappa shape index (κ3) is 3.46. The van der Waals surface area contributed by atoms with Crippen molar-refractivity contribution in [2.45, 2.75) is 39.2 Å².